The predicted octanol–water partition coefficient (Wildman–Crippen LogP) is 3.06. The van der Waals surface area contributed by atoms with Crippen molar-refractivity contribution in [3.8, 4) is 6.07 Å². The number of anilines is 1. The normalized spacial score (nSPS) is 20.4. The molecule has 3 rings (SSSR count). The predicted molar refractivity (Wildman–Crippen MR) is 82.2 cm³/mol. The minimum absolute atomic E-state index is 0.239. The Morgan fingerprint density at radius 2 is 2.10 bits per heavy atom. The van der Waals surface area contributed by atoms with Gasteiger partial charge in [-0.15, -0.1) is 0 Å². The second-order valence-electron chi connectivity index (χ2n) is 6.59. The number of aryl methyl sites for hydroxylation is 2. The number of nitriles is 1. The van der Waals surface area contributed by atoms with Gasteiger partial charge < -0.3 is 10.1 Å². The van der Waals surface area contributed by atoms with Crippen molar-refractivity contribution in [2.24, 2.45) is 5.41 Å². The molecule has 1 saturated heterocycles. The van der Waals surface area contributed by atoms with E-state index in [2.05, 4.69) is 18.3 Å². The van der Waals surface area contributed by atoms with Crippen LogP contribution in [0.15, 0.2) is 6.07 Å². The van der Waals surface area contributed by atoms with E-state index in [1.807, 2.05) is 6.07 Å². The summed E-state index contributed by atoms with van der Waals surface area (Å²) in [6, 6.07) is 4.33. The van der Waals surface area contributed by atoms with Crippen LogP contribution in [0.1, 0.15) is 49.4 Å². The van der Waals surface area contributed by atoms with Gasteiger partial charge in [-0.2, -0.15) is 5.26 Å². The molecule has 1 N–H and O–H groups in total. The monoisotopic (exact) mass is 285 g/mol. The van der Waals surface area contributed by atoms with Crippen LogP contribution in [0.3, 0.4) is 0 Å². The van der Waals surface area contributed by atoms with Crippen LogP contribution >= 0.6 is 0 Å². The second-order valence-corrected chi connectivity index (χ2v) is 6.59. The van der Waals surface area contributed by atoms with Crippen molar-refractivity contribution in [3.05, 3.63) is 22.9 Å². The van der Waals surface area contributed by atoms with E-state index < -0.39 is 0 Å². The molecule has 1 fully saturated rings. The highest BCUT2D eigenvalue weighted by Crippen LogP contribution is 2.31. The third-order valence-corrected chi connectivity index (χ3v) is 4.80. The average molecular weight is 285 g/mol. The highest BCUT2D eigenvalue weighted by molar-refractivity contribution is 5.54. The van der Waals surface area contributed by atoms with E-state index in [0.29, 0.717) is 5.56 Å². The Balaban J connectivity index is 1.76. The van der Waals surface area contributed by atoms with Crippen LogP contribution in [-0.4, -0.2) is 24.7 Å². The SMILES string of the molecule is CC1(CNc2nc3c(cc2C#N)CCCC3)CCOCC1. The minimum atomic E-state index is 0.239. The molecule has 0 atom stereocenters. The number of aromatic nitrogens is 1. The van der Waals surface area contributed by atoms with Gasteiger partial charge in [-0.05, 0) is 55.6 Å². The molecule has 1 aromatic rings. The van der Waals surface area contributed by atoms with E-state index in [-0.39, 0.29) is 5.41 Å². The average Bonchev–Trinajstić information content (AvgIpc) is 2.53. The molecule has 0 amide bonds. The molecule has 1 aliphatic carbocycles. The summed E-state index contributed by atoms with van der Waals surface area (Å²) < 4.78 is 5.44. The van der Waals surface area contributed by atoms with Crippen molar-refractivity contribution < 1.29 is 4.74 Å². The maximum atomic E-state index is 9.37. The largest absolute Gasteiger partial charge is 0.381 e. The van der Waals surface area contributed by atoms with Crippen LogP contribution in [0.4, 0.5) is 5.82 Å². The molecule has 0 aromatic carbocycles. The number of hydrogen-bond donors (Lipinski definition) is 1. The summed E-state index contributed by atoms with van der Waals surface area (Å²) in [5.41, 5.74) is 3.37. The molecule has 21 heavy (non-hydrogen) atoms. The van der Waals surface area contributed by atoms with Gasteiger partial charge in [0, 0.05) is 25.5 Å². The zero-order valence-corrected chi connectivity index (χ0v) is 12.7. The van der Waals surface area contributed by atoms with Crippen LogP contribution in [0.2, 0.25) is 0 Å². The summed E-state index contributed by atoms with van der Waals surface area (Å²) >= 11 is 0. The first-order valence-corrected chi connectivity index (χ1v) is 7.95. The van der Waals surface area contributed by atoms with E-state index in [1.54, 1.807) is 0 Å². The van der Waals surface area contributed by atoms with Gasteiger partial charge in [0.05, 0.1) is 5.56 Å². The Bertz CT molecular complexity index is 556. The van der Waals surface area contributed by atoms with Crippen LogP contribution < -0.4 is 5.32 Å². The number of pyridine rings is 1. The lowest BCUT2D eigenvalue weighted by Crippen LogP contribution is -2.33. The Morgan fingerprint density at radius 3 is 2.86 bits per heavy atom. The highest BCUT2D eigenvalue weighted by Gasteiger charge is 2.27. The number of nitrogens with one attached hydrogen (secondary N) is 1. The fourth-order valence-corrected chi connectivity index (χ4v) is 3.19. The second kappa shape index (κ2) is 6.03. The Morgan fingerprint density at radius 1 is 1.33 bits per heavy atom. The molecule has 0 spiro atoms. The van der Waals surface area contributed by atoms with E-state index >= 15 is 0 Å². The van der Waals surface area contributed by atoms with Gasteiger partial charge >= 0.3 is 0 Å². The summed E-state index contributed by atoms with van der Waals surface area (Å²) in [7, 11) is 0. The topological polar surface area (TPSA) is 57.9 Å². The van der Waals surface area contributed by atoms with Crippen LogP contribution in [0.25, 0.3) is 0 Å². The van der Waals surface area contributed by atoms with Crippen LogP contribution in [0, 0.1) is 16.7 Å². The zero-order valence-electron chi connectivity index (χ0n) is 12.7. The summed E-state index contributed by atoms with van der Waals surface area (Å²) in [6.07, 6.45) is 6.65. The third-order valence-electron chi connectivity index (χ3n) is 4.80. The molecular formula is C17H23N3O. The van der Waals surface area contributed by atoms with Gasteiger partial charge in [0.1, 0.15) is 11.9 Å². The van der Waals surface area contributed by atoms with Gasteiger partial charge in [0.2, 0.25) is 0 Å². The maximum absolute atomic E-state index is 9.37. The van der Waals surface area contributed by atoms with Gasteiger partial charge in [-0.3, -0.25) is 0 Å². The Kier molecular flexibility index (Phi) is 4.12. The lowest BCUT2D eigenvalue weighted by molar-refractivity contribution is 0.0299. The van der Waals surface area contributed by atoms with Crippen molar-refractivity contribution in [1.29, 1.82) is 5.26 Å². The summed E-state index contributed by atoms with van der Waals surface area (Å²) in [5, 5.41) is 12.8. The molecule has 0 unspecified atom stereocenters. The zero-order chi connectivity index (χ0) is 14.7. The van der Waals surface area contributed by atoms with Crippen LogP contribution in [-0.2, 0) is 17.6 Å². The first-order valence-electron chi connectivity index (χ1n) is 7.95. The van der Waals surface area contributed by atoms with Crippen molar-refractivity contribution >= 4 is 5.82 Å². The molecular weight excluding hydrogens is 262 g/mol. The van der Waals surface area contributed by atoms with Crippen LogP contribution in [0.5, 0.6) is 0 Å². The number of rotatable bonds is 3. The van der Waals surface area contributed by atoms with Gasteiger partial charge in [0.25, 0.3) is 0 Å². The number of nitrogens with zero attached hydrogens (tertiary/aromatic N) is 2. The third kappa shape index (κ3) is 3.19. The first kappa shape index (κ1) is 14.3. The number of hydrogen-bond acceptors (Lipinski definition) is 4. The standard InChI is InChI=1S/C17H23N3O/c1-17(6-8-21-9-7-17)12-19-16-14(11-18)10-13-4-2-3-5-15(13)20-16/h10H,2-9,12H2,1H3,(H,19,20). The van der Waals surface area contributed by atoms with E-state index in [9.17, 15) is 5.26 Å². The van der Waals surface area contributed by atoms with Crippen molar-refractivity contribution in [1.82, 2.24) is 4.98 Å². The molecule has 1 aliphatic heterocycles. The van der Waals surface area contributed by atoms with E-state index in [1.165, 1.54) is 24.1 Å². The van der Waals surface area contributed by atoms with Gasteiger partial charge in [0.15, 0.2) is 0 Å². The van der Waals surface area contributed by atoms with Gasteiger partial charge in [-0.25, -0.2) is 4.98 Å². The van der Waals surface area contributed by atoms with E-state index in [4.69, 9.17) is 9.72 Å². The van der Waals surface area contributed by atoms with Crippen molar-refractivity contribution in [3.63, 3.8) is 0 Å². The lowest BCUT2D eigenvalue weighted by Gasteiger charge is -2.34. The van der Waals surface area contributed by atoms with Gasteiger partial charge in [-0.1, -0.05) is 6.92 Å². The van der Waals surface area contributed by atoms with Crippen molar-refractivity contribution in [2.75, 3.05) is 25.1 Å². The summed E-state index contributed by atoms with van der Waals surface area (Å²) in [4.78, 5) is 4.73. The molecule has 4 heteroatoms. The molecule has 112 valence electrons. The molecule has 0 saturated carbocycles. The summed E-state index contributed by atoms with van der Waals surface area (Å²) in [6.45, 7) is 4.81. The fourth-order valence-electron chi connectivity index (χ4n) is 3.19. The summed E-state index contributed by atoms with van der Waals surface area (Å²) in [5.74, 6) is 0.769. The maximum Gasteiger partial charge on any atom is 0.144 e. The first-order chi connectivity index (χ1) is 10.2. The smallest absolute Gasteiger partial charge is 0.144 e. The highest BCUT2D eigenvalue weighted by atomic mass is 16.5. The number of fused-ring (bicyclic) bond motifs is 1. The Labute approximate surface area is 126 Å². The quantitative estimate of drug-likeness (QED) is 0.927. The lowest BCUT2D eigenvalue weighted by atomic mass is 9.82. The fraction of sp³-hybridized carbons (Fsp3) is 0.647. The van der Waals surface area contributed by atoms with Crippen molar-refractivity contribution in [2.45, 2.75) is 45.4 Å². The Hall–Kier alpha value is -1.60. The molecule has 0 radical (unpaired) electrons. The molecule has 2 aliphatic rings. The molecule has 2 heterocycles. The van der Waals surface area contributed by atoms with E-state index in [0.717, 1.165) is 51.3 Å². The molecule has 1 aromatic heterocycles. The number of ether oxygens (including phenoxy) is 1. The minimum Gasteiger partial charge on any atom is -0.381 e. The molecule has 4 nitrogen and oxygen atoms in total. The molecule has 0 bridgehead atoms.